The van der Waals surface area contributed by atoms with E-state index in [1.54, 1.807) is 11.3 Å². The number of pyridine rings is 1. The molecule has 2 aromatic heterocycles. The molecule has 3 aromatic rings. The summed E-state index contributed by atoms with van der Waals surface area (Å²) in [7, 11) is 0. The van der Waals surface area contributed by atoms with Crippen molar-refractivity contribution >= 4 is 22.2 Å². The van der Waals surface area contributed by atoms with Gasteiger partial charge in [-0.25, -0.2) is 0 Å². The number of aliphatic hydroxyl groups is 1. The molecule has 2 nitrogen and oxygen atoms in total. The van der Waals surface area contributed by atoms with Gasteiger partial charge in [0.1, 0.15) is 5.60 Å². The Balaban J connectivity index is 1.93. The monoisotopic (exact) mass is 269 g/mol. The number of hydrogen-bond donors (Lipinski definition) is 1. The maximum atomic E-state index is 10.6. The lowest BCUT2D eigenvalue weighted by molar-refractivity contribution is 0.0605. The Labute approximate surface area is 116 Å². The van der Waals surface area contributed by atoms with Gasteiger partial charge in [0, 0.05) is 22.4 Å². The molecule has 3 heteroatoms. The largest absolute Gasteiger partial charge is 0.384 e. The third-order valence-corrected chi connectivity index (χ3v) is 4.36. The number of aromatic nitrogens is 1. The molecule has 1 unspecified atom stereocenters. The number of rotatable bonds is 3. The predicted molar refractivity (Wildman–Crippen MR) is 79.3 cm³/mol. The maximum absolute atomic E-state index is 10.6. The van der Waals surface area contributed by atoms with Crippen LogP contribution in [0.2, 0.25) is 0 Å². The Morgan fingerprint density at radius 2 is 1.95 bits per heavy atom. The van der Waals surface area contributed by atoms with Gasteiger partial charge in [-0.1, -0.05) is 30.3 Å². The van der Waals surface area contributed by atoms with Crippen LogP contribution in [0.1, 0.15) is 17.5 Å². The summed E-state index contributed by atoms with van der Waals surface area (Å²) < 4.78 is 0. The van der Waals surface area contributed by atoms with E-state index in [0.717, 1.165) is 21.5 Å². The lowest BCUT2D eigenvalue weighted by Gasteiger charge is -2.21. The average Bonchev–Trinajstić information content (AvgIpc) is 2.93. The maximum Gasteiger partial charge on any atom is 0.101 e. The molecule has 19 heavy (non-hydrogen) atoms. The minimum atomic E-state index is -0.858. The fourth-order valence-electron chi connectivity index (χ4n) is 2.23. The summed E-state index contributed by atoms with van der Waals surface area (Å²) in [4.78, 5) is 5.59. The number of benzene rings is 1. The van der Waals surface area contributed by atoms with E-state index in [2.05, 4.69) is 11.1 Å². The van der Waals surface area contributed by atoms with Crippen molar-refractivity contribution in [2.24, 2.45) is 0 Å². The summed E-state index contributed by atoms with van der Waals surface area (Å²) in [6.07, 6.45) is 0.526. The smallest absolute Gasteiger partial charge is 0.101 e. The van der Waals surface area contributed by atoms with E-state index in [0.29, 0.717) is 6.42 Å². The van der Waals surface area contributed by atoms with E-state index in [4.69, 9.17) is 0 Å². The Morgan fingerprint density at radius 3 is 2.74 bits per heavy atom. The van der Waals surface area contributed by atoms with Gasteiger partial charge < -0.3 is 5.11 Å². The molecule has 1 aromatic carbocycles. The molecule has 0 fully saturated rings. The van der Waals surface area contributed by atoms with Crippen LogP contribution in [-0.2, 0) is 12.0 Å². The quantitative estimate of drug-likeness (QED) is 0.785. The zero-order valence-electron chi connectivity index (χ0n) is 10.7. The summed E-state index contributed by atoms with van der Waals surface area (Å²) >= 11 is 1.57. The molecule has 96 valence electrons. The molecule has 0 aliphatic heterocycles. The van der Waals surface area contributed by atoms with E-state index in [1.807, 2.05) is 54.8 Å². The number of thiophene rings is 1. The van der Waals surface area contributed by atoms with Crippen LogP contribution in [0.15, 0.2) is 53.9 Å². The molecule has 0 aliphatic rings. The molecule has 1 N–H and O–H groups in total. The van der Waals surface area contributed by atoms with Crippen LogP contribution in [0.3, 0.4) is 0 Å². The fraction of sp³-hybridized carbons (Fsp3) is 0.188. The second-order valence-corrected chi connectivity index (χ2v) is 5.87. The normalized spacial score (nSPS) is 14.4. The van der Waals surface area contributed by atoms with Crippen molar-refractivity contribution in [1.29, 1.82) is 0 Å². The van der Waals surface area contributed by atoms with Crippen LogP contribution in [-0.4, -0.2) is 10.1 Å². The highest BCUT2D eigenvalue weighted by Gasteiger charge is 2.25. The van der Waals surface area contributed by atoms with Crippen LogP contribution >= 0.6 is 11.3 Å². The van der Waals surface area contributed by atoms with Crippen LogP contribution < -0.4 is 0 Å². The van der Waals surface area contributed by atoms with Crippen LogP contribution in [0, 0.1) is 0 Å². The third kappa shape index (κ3) is 2.53. The van der Waals surface area contributed by atoms with Crippen molar-refractivity contribution in [3.8, 4) is 0 Å². The van der Waals surface area contributed by atoms with Crippen molar-refractivity contribution in [2.45, 2.75) is 18.9 Å². The van der Waals surface area contributed by atoms with Crippen molar-refractivity contribution in [3.05, 3.63) is 64.5 Å². The zero-order chi connectivity index (χ0) is 13.3. The molecule has 1 atom stereocenters. The first-order chi connectivity index (χ1) is 9.15. The van der Waals surface area contributed by atoms with Gasteiger partial charge in [0.2, 0.25) is 0 Å². The van der Waals surface area contributed by atoms with Gasteiger partial charge >= 0.3 is 0 Å². The summed E-state index contributed by atoms with van der Waals surface area (Å²) in [5, 5.41) is 13.7. The molecule has 0 aliphatic carbocycles. The van der Waals surface area contributed by atoms with E-state index in [1.165, 1.54) is 0 Å². The Bertz CT molecular complexity index is 689. The number of hydrogen-bond acceptors (Lipinski definition) is 3. The summed E-state index contributed by atoms with van der Waals surface area (Å²) in [5.74, 6) is 0. The van der Waals surface area contributed by atoms with E-state index < -0.39 is 5.60 Å². The molecular weight excluding hydrogens is 254 g/mol. The summed E-state index contributed by atoms with van der Waals surface area (Å²) in [6, 6.07) is 16.0. The first-order valence-corrected chi connectivity index (χ1v) is 7.14. The molecule has 0 saturated heterocycles. The minimum Gasteiger partial charge on any atom is -0.384 e. The Hall–Kier alpha value is -1.71. The SMILES string of the molecule is CC(O)(Cc1ccc2ccccc2n1)c1cccs1. The van der Waals surface area contributed by atoms with E-state index in [9.17, 15) is 5.11 Å². The molecule has 0 spiro atoms. The second kappa shape index (κ2) is 4.76. The summed E-state index contributed by atoms with van der Waals surface area (Å²) in [6.45, 7) is 1.84. The lowest BCUT2D eigenvalue weighted by atomic mass is 9.97. The van der Waals surface area contributed by atoms with Crippen molar-refractivity contribution < 1.29 is 5.11 Å². The fourth-order valence-corrected chi connectivity index (χ4v) is 3.02. The zero-order valence-corrected chi connectivity index (χ0v) is 11.5. The second-order valence-electron chi connectivity index (χ2n) is 4.92. The molecule has 2 heterocycles. The first kappa shape index (κ1) is 12.3. The lowest BCUT2D eigenvalue weighted by Crippen LogP contribution is -2.23. The van der Waals surface area contributed by atoms with E-state index >= 15 is 0 Å². The molecule has 3 rings (SSSR count). The van der Waals surface area contributed by atoms with Crippen molar-refractivity contribution in [3.63, 3.8) is 0 Å². The average molecular weight is 269 g/mol. The van der Waals surface area contributed by atoms with Gasteiger partial charge in [0.15, 0.2) is 0 Å². The van der Waals surface area contributed by atoms with Crippen LogP contribution in [0.25, 0.3) is 10.9 Å². The van der Waals surface area contributed by atoms with Gasteiger partial charge in [-0.2, -0.15) is 0 Å². The highest BCUT2D eigenvalue weighted by Crippen LogP contribution is 2.28. The molecule has 0 amide bonds. The van der Waals surface area contributed by atoms with Gasteiger partial charge in [0.25, 0.3) is 0 Å². The van der Waals surface area contributed by atoms with Gasteiger partial charge in [-0.05, 0) is 30.5 Å². The third-order valence-electron chi connectivity index (χ3n) is 3.23. The molecule has 0 radical (unpaired) electrons. The Morgan fingerprint density at radius 1 is 1.11 bits per heavy atom. The van der Waals surface area contributed by atoms with Gasteiger partial charge in [0.05, 0.1) is 5.52 Å². The molecular formula is C16H15NOS. The van der Waals surface area contributed by atoms with Crippen LogP contribution in [0.4, 0.5) is 0 Å². The topological polar surface area (TPSA) is 33.1 Å². The summed E-state index contributed by atoms with van der Waals surface area (Å²) in [5.41, 5.74) is 1.03. The molecule has 0 saturated carbocycles. The highest BCUT2D eigenvalue weighted by molar-refractivity contribution is 7.10. The van der Waals surface area contributed by atoms with Gasteiger partial charge in [-0.3, -0.25) is 4.98 Å². The van der Waals surface area contributed by atoms with Crippen molar-refractivity contribution in [2.75, 3.05) is 0 Å². The van der Waals surface area contributed by atoms with Crippen LogP contribution in [0.5, 0.6) is 0 Å². The highest BCUT2D eigenvalue weighted by atomic mass is 32.1. The van der Waals surface area contributed by atoms with Gasteiger partial charge in [-0.15, -0.1) is 11.3 Å². The predicted octanol–water partition coefficient (Wildman–Crippen LogP) is 3.75. The first-order valence-electron chi connectivity index (χ1n) is 6.26. The standard InChI is InChI=1S/C16H15NOS/c1-16(18,15-7-4-10-19-15)11-13-9-8-12-5-2-3-6-14(12)17-13/h2-10,18H,11H2,1H3. The van der Waals surface area contributed by atoms with E-state index in [-0.39, 0.29) is 0 Å². The number of fused-ring (bicyclic) bond motifs is 1. The Kier molecular flexibility index (Phi) is 3.09. The number of para-hydroxylation sites is 1. The number of nitrogens with zero attached hydrogens (tertiary/aromatic N) is 1. The minimum absolute atomic E-state index is 0.526. The molecule has 0 bridgehead atoms. The van der Waals surface area contributed by atoms with Crippen molar-refractivity contribution in [1.82, 2.24) is 4.98 Å².